The van der Waals surface area contributed by atoms with Crippen LogP contribution in [0.3, 0.4) is 0 Å². The largest absolute Gasteiger partial charge is 0.395 e. The van der Waals surface area contributed by atoms with Crippen molar-refractivity contribution in [3.8, 4) is 0 Å². The van der Waals surface area contributed by atoms with Gasteiger partial charge >= 0.3 is 8.60 Å². The van der Waals surface area contributed by atoms with Crippen LogP contribution in [0.15, 0.2) is 36.4 Å². The van der Waals surface area contributed by atoms with Crippen molar-refractivity contribution in [1.82, 2.24) is 0 Å². The fourth-order valence-corrected chi connectivity index (χ4v) is 5.10. The number of aliphatic hydroxyl groups excluding tert-OH is 3. The molecule has 0 spiro atoms. The lowest BCUT2D eigenvalue weighted by atomic mass is 9.60. The molecular formula is C33H55O7P. The first-order valence-electron chi connectivity index (χ1n) is 14.1. The molecule has 0 unspecified atom stereocenters. The highest BCUT2D eigenvalue weighted by atomic mass is 31.2. The van der Waals surface area contributed by atoms with Gasteiger partial charge in [-0.25, -0.2) is 0 Å². The van der Waals surface area contributed by atoms with Crippen LogP contribution in [0.25, 0.3) is 0 Å². The van der Waals surface area contributed by atoms with Crippen LogP contribution in [0, 0.1) is 5.41 Å². The van der Waals surface area contributed by atoms with Crippen LogP contribution in [0.1, 0.15) is 116 Å². The van der Waals surface area contributed by atoms with Gasteiger partial charge in [0, 0.05) is 0 Å². The van der Waals surface area contributed by atoms with E-state index in [1.807, 2.05) is 24.3 Å². The van der Waals surface area contributed by atoms with Crippen molar-refractivity contribution in [3.05, 3.63) is 69.8 Å². The zero-order valence-corrected chi connectivity index (χ0v) is 28.1. The van der Waals surface area contributed by atoms with Crippen LogP contribution in [0.5, 0.6) is 0 Å². The first kappa shape index (κ1) is 37.6. The first-order valence-corrected chi connectivity index (χ1v) is 15.3. The van der Waals surface area contributed by atoms with E-state index in [-0.39, 0.29) is 21.7 Å². The lowest BCUT2D eigenvalue weighted by molar-refractivity contribution is -0.137. The Bertz CT molecular complexity index is 1060. The summed E-state index contributed by atoms with van der Waals surface area (Å²) in [4.78, 5) is 21.7. The Kier molecular flexibility index (Phi) is 12.0. The van der Waals surface area contributed by atoms with Gasteiger partial charge in [0.1, 0.15) is 5.60 Å². The van der Waals surface area contributed by atoms with Crippen molar-refractivity contribution >= 4 is 8.60 Å². The molecule has 0 fully saturated rings. The molecule has 2 aromatic carbocycles. The third-order valence-electron chi connectivity index (χ3n) is 7.84. The van der Waals surface area contributed by atoms with E-state index < -0.39 is 39.4 Å². The van der Waals surface area contributed by atoms with Gasteiger partial charge < -0.3 is 35.1 Å². The van der Waals surface area contributed by atoms with E-state index in [9.17, 15) is 20.4 Å². The minimum Gasteiger partial charge on any atom is -0.395 e. The quantitative estimate of drug-likeness (QED) is 0.226. The summed E-state index contributed by atoms with van der Waals surface area (Å²) in [6.07, 6.45) is 0. The van der Waals surface area contributed by atoms with Crippen molar-refractivity contribution in [2.75, 3.05) is 19.8 Å². The molecule has 0 saturated heterocycles. The number of aliphatic hydroxyl groups is 4. The molecular weight excluding hydrogens is 539 g/mol. The molecule has 0 aliphatic heterocycles. The summed E-state index contributed by atoms with van der Waals surface area (Å²) >= 11 is 0. The van der Waals surface area contributed by atoms with Crippen LogP contribution in [-0.2, 0) is 27.3 Å². The van der Waals surface area contributed by atoms with Crippen molar-refractivity contribution in [2.24, 2.45) is 5.41 Å². The molecule has 0 aromatic heterocycles. The predicted octanol–water partition coefficient (Wildman–Crippen LogP) is 5.27. The Morgan fingerprint density at radius 1 is 0.488 bits per heavy atom. The monoisotopic (exact) mass is 594 g/mol. The Hall–Kier alpha value is -1.41. The first-order chi connectivity index (χ1) is 18.3. The second kappa shape index (κ2) is 13.1. The summed E-state index contributed by atoms with van der Waals surface area (Å²) < 4.78 is 0. The van der Waals surface area contributed by atoms with Crippen LogP contribution in [0.2, 0.25) is 0 Å². The highest BCUT2D eigenvalue weighted by molar-refractivity contribution is 7.38. The maximum absolute atomic E-state index is 13.1. The van der Waals surface area contributed by atoms with Gasteiger partial charge in [0.25, 0.3) is 0 Å². The van der Waals surface area contributed by atoms with Gasteiger partial charge in [0.05, 0.1) is 25.2 Å². The number of benzene rings is 2. The molecule has 41 heavy (non-hydrogen) atoms. The van der Waals surface area contributed by atoms with E-state index in [1.165, 1.54) is 0 Å². The molecule has 0 atom stereocenters. The van der Waals surface area contributed by atoms with E-state index in [1.54, 1.807) is 0 Å². The average molecular weight is 595 g/mol. The third-order valence-corrected chi connectivity index (χ3v) is 7.84. The maximum atomic E-state index is 13.1. The van der Waals surface area contributed by atoms with Crippen LogP contribution in [0.4, 0.5) is 0 Å². The van der Waals surface area contributed by atoms with E-state index in [0.717, 1.165) is 22.3 Å². The lowest BCUT2D eigenvalue weighted by Crippen LogP contribution is -2.55. The van der Waals surface area contributed by atoms with Gasteiger partial charge in [-0.2, -0.15) is 0 Å². The molecule has 0 radical (unpaired) electrons. The average Bonchev–Trinajstić information content (AvgIpc) is 2.82. The Balaban J connectivity index is 0.00000196. The molecule has 0 amide bonds. The minimum atomic E-state index is -2.62. The Labute approximate surface area is 248 Å². The van der Waals surface area contributed by atoms with Crippen molar-refractivity contribution in [1.29, 1.82) is 0 Å². The summed E-state index contributed by atoms with van der Waals surface area (Å²) in [5, 5.41) is 45.2. The van der Waals surface area contributed by atoms with E-state index >= 15 is 0 Å². The summed E-state index contributed by atoms with van der Waals surface area (Å²) in [5.41, 5.74) is 0.863. The lowest BCUT2D eigenvalue weighted by Gasteiger charge is -2.49. The Morgan fingerprint density at radius 3 is 0.951 bits per heavy atom. The Morgan fingerprint density at radius 2 is 0.756 bits per heavy atom. The maximum Gasteiger partial charge on any atom is 0.324 e. The zero-order valence-electron chi connectivity index (χ0n) is 27.2. The summed E-state index contributed by atoms with van der Waals surface area (Å²) in [5.74, 6) is 0. The van der Waals surface area contributed by atoms with Gasteiger partial charge in [-0.05, 0) is 55.0 Å². The van der Waals surface area contributed by atoms with E-state index in [2.05, 4.69) is 95.2 Å². The van der Waals surface area contributed by atoms with Gasteiger partial charge in [-0.1, -0.05) is 119 Å². The normalized spacial score (nSPS) is 13.8. The molecule has 0 aliphatic rings. The molecule has 234 valence electrons. The van der Waals surface area contributed by atoms with Gasteiger partial charge in [-0.3, -0.25) is 0 Å². The molecule has 0 heterocycles. The standard InChI is InChI=1S/C33H52O4.H3O3P/c1-28(2,3)22-13-15-24(26(17-22)30(7,8)9)33(37,32(19-34,20-35)21-36)25-16-14-23(29(4,5)6)18-27(25)31(10,11)12;1-4(2)3/h13-18,34-37H,19-21H2,1-12H3;1-3H. The molecule has 8 heteroatoms. The second-order valence-electron chi connectivity index (χ2n) is 15.3. The number of rotatable bonds is 6. The zero-order chi connectivity index (χ0) is 32.4. The molecule has 0 saturated carbocycles. The molecule has 0 aliphatic carbocycles. The highest BCUT2D eigenvalue weighted by Crippen LogP contribution is 2.51. The minimum absolute atomic E-state index is 0.108. The van der Waals surface area contributed by atoms with Gasteiger partial charge in [0.2, 0.25) is 0 Å². The molecule has 0 bridgehead atoms. The smallest absolute Gasteiger partial charge is 0.324 e. The van der Waals surface area contributed by atoms with Crippen molar-refractivity contribution in [3.63, 3.8) is 0 Å². The predicted molar refractivity (Wildman–Crippen MR) is 168 cm³/mol. The molecule has 2 rings (SSSR count). The second-order valence-corrected chi connectivity index (χ2v) is 15.8. The highest BCUT2D eigenvalue weighted by Gasteiger charge is 2.55. The van der Waals surface area contributed by atoms with Gasteiger partial charge in [0.15, 0.2) is 0 Å². The molecule has 7 nitrogen and oxygen atoms in total. The van der Waals surface area contributed by atoms with Crippen molar-refractivity contribution in [2.45, 2.75) is 110 Å². The fourth-order valence-electron chi connectivity index (χ4n) is 5.10. The van der Waals surface area contributed by atoms with Crippen LogP contribution < -0.4 is 0 Å². The van der Waals surface area contributed by atoms with Crippen molar-refractivity contribution < 1.29 is 35.1 Å². The SMILES string of the molecule is CC(C)(C)c1ccc(C(O)(c2ccc(C(C)(C)C)cc2C(C)(C)C)C(CO)(CO)CO)c(C(C)(C)C)c1.OP(O)O. The fraction of sp³-hybridized carbons (Fsp3) is 0.636. The summed E-state index contributed by atoms with van der Waals surface area (Å²) in [6.45, 7) is 23.8. The summed E-state index contributed by atoms with van der Waals surface area (Å²) in [7, 11) is -2.62. The number of hydrogen-bond donors (Lipinski definition) is 7. The van der Waals surface area contributed by atoms with E-state index in [4.69, 9.17) is 14.7 Å². The van der Waals surface area contributed by atoms with Gasteiger partial charge in [-0.15, -0.1) is 0 Å². The number of hydrogen-bond acceptors (Lipinski definition) is 7. The molecule has 7 N–H and O–H groups in total. The third kappa shape index (κ3) is 8.36. The van der Waals surface area contributed by atoms with Crippen LogP contribution >= 0.6 is 8.60 Å². The summed E-state index contributed by atoms with van der Waals surface area (Å²) in [6, 6.07) is 12.2. The molecule has 2 aromatic rings. The van der Waals surface area contributed by atoms with Crippen LogP contribution in [-0.4, -0.2) is 54.9 Å². The topological polar surface area (TPSA) is 142 Å². The van der Waals surface area contributed by atoms with E-state index in [0.29, 0.717) is 11.1 Å².